The fourth-order valence-corrected chi connectivity index (χ4v) is 2.53. The number of carbonyl (C=O) groups is 2. The molecule has 122 valence electrons. The van der Waals surface area contributed by atoms with Crippen molar-refractivity contribution in [2.75, 3.05) is 0 Å². The van der Waals surface area contributed by atoms with Crippen molar-refractivity contribution in [3.8, 4) is 11.5 Å². The molecule has 2 aromatic carbocycles. The predicted molar refractivity (Wildman–Crippen MR) is 91.2 cm³/mol. The zero-order valence-electron chi connectivity index (χ0n) is 13.8. The van der Waals surface area contributed by atoms with Crippen LogP contribution < -0.4 is 9.47 Å². The summed E-state index contributed by atoms with van der Waals surface area (Å²) < 4.78 is 10.7. The van der Waals surface area contributed by atoms with E-state index in [0.29, 0.717) is 23.0 Å². The van der Waals surface area contributed by atoms with Crippen LogP contribution in [0.1, 0.15) is 48.2 Å². The van der Waals surface area contributed by atoms with Gasteiger partial charge in [-0.05, 0) is 35.3 Å². The standard InChI is InChI=1S/C20H18O4/c1-12(2)15-6-4-14(5-7-15)10-19-20(22)17-9-8-16(23-13(3)21)11-18(17)24-19/h4-12H,1-3H3/b19-10-. The summed E-state index contributed by atoms with van der Waals surface area (Å²) in [5.74, 6) is 0.898. The first-order chi connectivity index (χ1) is 11.4. The van der Waals surface area contributed by atoms with Crippen molar-refractivity contribution in [1.29, 1.82) is 0 Å². The number of benzene rings is 2. The van der Waals surface area contributed by atoms with Crippen LogP contribution in [-0.4, -0.2) is 11.8 Å². The highest BCUT2D eigenvalue weighted by molar-refractivity contribution is 6.14. The highest BCUT2D eigenvalue weighted by Gasteiger charge is 2.27. The Hall–Kier alpha value is -2.88. The molecule has 1 heterocycles. The third kappa shape index (κ3) is 3.23. The monoisotopic (exact) mass is 322 g/mol. The Morgan fingerprint density at radius 3 is 2.46 bits per heavy atom. The molecule has 3 rings (SSSR count). The number of carbonyl (C=O) groups excluding carboxylic acids is 2. The van der Waals surface area contributed by atoms with Crippen LogP contribution in [-0.2, 0) is 4.79 Å². The van der Waals surface area contributed by atoms with Gasteiger partial charge in [0.2, 0.25) is 5.78 Å². The maximum atomic E-state index is 12.4. The van der Waals surface area contributed by atoms with E-state index in [-0.39, 0.29) is 11.5 Å². The molecule has 1 aliphatic rings. The topological polar surface area (TPSA) is 52.6 Å². The van der Waals surface area contributed by atoms with Crippen molar-refractivity contribution >= 4 is 17.8 Å². The largest absolute Gasteiger partial charge is 0.452 e. The van der Waals surface area contributed by atoms with Gasteiger partial charge in [-0.2, -0.15) is 0 Å². The number of allylic oxidation sites excluding steroid dienone is 1. The molecule has 0 fully saturated rings. The highest BCUT2D eigenvalue weighted by Crippen LogP contribution is 2.35. The minimum Gasteiger partial charge on any atom is -0.452 e. The third-order valence-corrected chi connectivity index (χ3v) is 3.80. The van der Waals surface area contributed by atoms with E-state index in [1.54, 1.807) is 24.3 Å². The van der Waals surface area contributed by atoms with Gasteiger partial charge in [-0.3, -0.25) is 9.59 Å². The van der Waals surface area contributed by atoms with Crippen LogP contribution >= 0.6 is 0 Å². The highest BCUT2D eigenvalue weighted by atomic mass is 16.5. The van der Waals surface area contributed by atoms with Crippen LogP contribution in [0.2, 0.25) is 0 Å². The Labute approximate surface area is 140 Å². The fourth-order valence-electron chi connectivity index (χ4n) is 2.53. The number of ketones is 1. The third-order valence-electron chi connectivity index (χ3n) is 3.80. The van der Waals surface area contributed by atoms with Gasteiger partial charge < -0.3 is 9.47 Å². The molecule has 4 heteroatoms. The van der Waals surface area contributed by atoms with Gasteiger partial charge in [0.1, 0.15) is 11.5 Å². The number of hydrogen-bond donors (Lipinski definition) is 0. The molecule has 0 saturated carbocycles. The first-order valence-corrected chi connectivity index (χ1v) is 7.80. The predicted octanol–water partition coefficient (Wildman–Crippen LogP) is 4.35. The SMILES string of the molecule is CC(=O)Oc1ccc2c(c1)O/C(=C\c1ccc(C(C)C)cc1)C2=O. The van der Waals surface area contributed by atoms with Crippen LogP contribution in [0.25, 0.3) is 6.08 Å². The molecule has 2 aromatic rings. The normalized spacial score (nSPS) is 14.7. The van der Waals surface area contributed by atoms with Crippen LogP contribution in [0.3, 0.4) is 0 Å². The first-order valence-electron chi connectivity index (χ1n) is 7.80. The molecule has 0 saturated heterocycles. The van der Waals surface area contributed by atoms with Gasteiger partial charge in [-0.25, -0.2) is 0 Å². The lowest BCUT2D eigenvalue weighted by atomic mass is 10.0. The Balaban J connectivity index is 1.85. The molecular formula is C20H18O4. The summed E-state index contributed by atoms with van der Waals surface area (Å²) in [4.78, 5) is 23.4. The number of hydrogen-bond acceptors (Lipinski definition) is 4. The lowest BCUT2D eigenvalue weighted by Gasteiger charge is -2.05. The van der Waals surface area contributed by atoms with Gasteiger partial charge in [0.05, 0.1) is 5.56 Å². The molecule has 0 N–H and O–H groups in total. The Morgan fingerprint density at radius 1 is 1.12 bits per heavy atom. The van der Waals surface area contributed by atoms with E-state index in [9.17, 15) is 9.59 Å². The van der Waals surface area contributed by atoms with Crippen LogP contribution in [0.4, 0.5) is 0 Å². The zero-order valence-corrected chi connectivity index (χ0v) is 13.8. The van der Waals surface area contributed by atoms with Crippen molar-refractivity contribution in [2.45, 2.75) is 26.7 Å². The molecule has 4 nitrogen and oxygen atoms in total. The number of rotatable bonds is 3. The molecule has 1 aliphatic heterocycles. The molecule has 24 heavy (non-hydrogen) atoms. The molecule has 0 atom stereocenters. The van der Waals surface area contributed by atoms with Crippen molar-refractivity contribution in [1.82, 2.24) is 0 Å². The Bertz CT molecular complexity index is 829. The maximum Gasteiger partial charge on any atom is 0.308 e. The Morgan fingerprint density at radius 2 is 1.83 bits per heavy atom. The summed E-state index contributed by atoms with van der Waals surface area (Å²) in [6.45, 7) is 5.59. The van der Waals surface area contributed by atoms with Gasteiger partial charge in [-0.15, -0.1) is 0 Å². The van der Waals surface area contributed by atoms with E-state index in [1.807, 2.05) is 24.3 Å². The Kier molecular flexibility index (Phi) is 4.21. The summed E-state index contributed by atoms with van der Waals surface area (Å²) in [6.07, 6.45) is 1.72. The van der Waals surface area contributed by atoms with E-state index in [4.69, 9.17) is 9.47 Å². The van der Waals surface area contributed by atoms with Gasteiger partial charge in [0, 0.05) is 13.0 Å². The average Bonchev–Trinajstić information content (AvgIpc) is 2.83. The van der Waals surface area contributed by atoms with E-state index >= 15 is 0 Å². The molecule has 0 bridgehead atoms. The van der Waals surface area contributed by atoms with Gasteiger partial charge in [-0.1, -0.05) is 38.1 Å². The number of fused-ring (bicyclic) bond motifs is 1. The molecular weight excluding hydrogens is 304 g/mol. The van der Waals surface area contributed by atoms with Crippen molar-refractivity contribution in [2.24, 2.45) is 0 Å². The smallest absolute Gasteiger partial charge is 0.308 e. The number of ether oxygens (including phenoxy) is 2. The fraction of sp³-hybridized carbons (Fsp3) is 0.200. The second kappa shape index (κ2) is 6.32. The lowest BCUT2D eigenvalue weighted by Crippen LogP contribution is -2.01. The molecule has 0 unspecified atom stereocenters. The van der Waals surface area contributed by atoms with Gasteiger partial charge >= 0.3 is 5.97 Å². The molecule has 0 amide bonds. The average molecular weight is 322 g/mol. The minimum absolute atomic E-state index is 0.174. The van der Waals surface area contributed by atoms with Gasteiger partial charge in [0.25, 0.3) is 0 Å². The van der Waals surface area contributed by atoms with Crippen molar-refractivity contribution < 1.29 is 19.1 Å². The second-order valence-corrected chi connectivity index (χ2v) is 6.01. The van der Waals surface area contributed by atoms with Crippen LogP contribution in [0.15, 0.2) is 48.2 Å². The molecule has 0 aromatic heterocycles. The molecule has 0 aliphatic carbocycles. The zero-order chi connectivity index (χ0) is 17.3. The summed E-state index contributed by atoms with van der Waals surface area (Å²) in [5, 5.41) is 0. The second-order valence-electron chi connectivity index (χ2n) is 6.01. The first kappa shape index (κ1) is 16.0. The molecule has 0 spiro atoms. The summed E-state index contributed by atoms with van der Waals surface area (Å²) in [6, 6.07) is 12.8. The van der Waals surface area contributed by atoms with Crippen LogP contribution in [0.5, 0.6) is 11.5 Å². The van der Waals surface area contributed by atoms with Crippen molar-refractivity contribution in [3.05, 3.63) is 64.9 Å². The van der Waals surface area contributed by atoms with Crippen molar-refractivity contribution in [3.63, 3.8) is 0 Å². The van der Waals surface area contributed by atoms with E-state index in [1.165, 1.54) is 12.5 Å². The maximum absolute atomic E-state index is 12.4. The minimum atomic E-state index is -0.416. The summed E-state index contributed by atoms with van der Waals surface area (Å²) in [5.41, 5.74) is 2.61. The molecule has 0 radical (unpaired) electrons. The van der Waals surface area contributed by atoms with Gasteiger partial charge in [0.15, 0.2) is 5.76 Å². The quantitative estimate of drug-likeness (QED) is 0.479. The number of esters is 1. The van der Waals surface area contributed by atoms with E-state index in [2.05, 4.69) is 13.8 Å². The lowest BCUT2D eigenvalue weighted by molar-refractivity contribution is -0.131. The summed E-state index contributed by atoms with van der Waals surface area (Å²) >= 11 is 0. The number of Topliss-reactive ketones (excluding diaryl/α,β-unsaturated/α-hetero) is 1. The van der Waals surface area contributed by atoms with Crippen LogP contribution in [0, 0.1) is 0 Å². The summed E-state index contributed by atoms with van der Waals surface area (Å²) in [7, 11) is 0. The van der Waals surface area contributed by atoms with E-state index < -0.39 is 5.97 Å². The van der Waals surface area contributed by atoms with E-state index in [0.717, 1.165) is 5.56 Å².